The summed E-state index contributed by atoms with van der Waals surface area (Å²) in [6.07, 6.45) is 1.34. The first-order valence-electron chi connectivity index (χ1n) is 7.78. The van der Waals surface area contributed by atoms with Gasteiger partial charge in [0.1, 0.15) is 6.61 Å². The Labute approximate surface area is 144 Å². The number of ether oxygens (including phenoxy) is 1. The Morgan fingerprint density at radius 1 is 1.38 bits per heavy atom. The van der Waals surface area contributed by atoms with Gasteiger partial charge < -0.3 is 15.4 Å². The van der Waals surface area contributed by atoms with Crippen LogP contribution in [-0.2, 0) is 24.9 Å². The van der Waals surface area contributed by atoms with Gasteiger partial charge in [-0.15, -0.1) is 0 Å². The van der Waals surface area contributed by atoms with Crippen molar-refractivity contribution in [3.8, 4) is 0 Å². The first-order valence-corrected chi connectivity index (χ1v) is 8.93. The maximum absolute atomic E-state index is 12.5. The standard InChI is InChI=1S/C17H19N2O4S/c18-16(22)17-13(20)10-23-14(17)6-8-19(17)15(21)7-9-24-11-12-4-2-1-3-5-12/h1-5,7,14H,6,8-11H2,(H2,18,22). The molecule has 24 heavy (non-hydrogen) atoms. The zero-order valence-corrected chi connectivity index (χ0v) is 14.0. The highest BCUT2D eigenvalue weighted by atomic mass is 32.2. The number of likely N-dealkylation sites (tertiary alicyclic amines) is 1. The highest BCUT2D eigenvalue weighted by molar-refractivity contribution is 7.98. The molecule has 1 aromatic rings. The first-order chi connectivity index (χ1) is 11.6. The van der Waals surface area contributed by atoms with Gasteiger partial charge in [-0.3, -0.25) is 14.4 Å². The summed E-state index contributed by atoms with van der Waals surface area (Å²) in [5.41, 5.74) is 5.04. The van der Waals surface area contributed by atoms with Gasteiger partial charge in [-0.1, -0.05) is 30.3 Å². The van der Waals surface area contributed by atoms with E-state index < -0.39 is 23.3 Å². The monoisotopic (exact) mass is 347 g/mol. The molecule has 1 radical (unpaired) electrons. The highest BCUT2D eigenvalue weighted by Gasteiger charge is 2.64. The van der Waals surface area contributed by atoms with E-state index in [1.165, 1.54) is 16.9 Å². The van der Waals surface area contributed by atoms with Crippen molar-refractivity contribution in [3.63, 3.8) is 0 Å². The van der Waals surface area contributed by atoms with E-state index >= 15 is 0 Å². The van der Waals surface area contributed by atoms with E-state index in [0.29, 0.717) is 18.7 Å². The molecular formula is C17H19N2O4S. The zero-order valence-electron chi connectivity index (χ0n) is 13.1. The van der Waals surface area contributed by atoms with E-state index in [2.05, 4.69) is 0 Å². The van der Waals surface area contributed by atoms with E-state index in [4.69, 9.17) is 10.5 Å². The minimum Gasteiger partial charge on any atom is -0.367 e. The molecule has 0 saturated carbocycles. The van der Waals surface area contributed by atoms with Crippen molar-refractivity contribution in [1.82, 2.24) is 4.90 Å². The summed E-state index contributed by atoms with van der Waals surface area (Å²) in [4.78, 5) is 37.9. The summed E-state index contributed by atoms with van der Waals surface area (Å²) in [7, 11) is 0. The molecule has 6 nitrogen and oxygen atoms in total. The third kappa shape index (κ3) is 2.82. The normalized spacial score (nSPS) is 25.8. The minimum atomic E-state index is -1.61. The maximum Gasteiger partial charge on any atom is 0.254 e. The minimum absolute atomic E-state index is 0.167. The van der Waals surface area contributed by atoms with E-state index in [0.717, 1.165) is 5.75 Å². The zero-order chi connectivity index (χ0) is 17.2. The van der Waals surface area contributed by atoms with Crippen molar-refractivity contribution in [2.45, 2.75) is 23.8 Å². The number of hydrogen-bond acceptors (Lipinski definition) is 5. The summed E-state index contributed by atoms with van der Waals surface area (Å²) in [6, 6.07) is 9.94. The van der Waals surface area contributed by atoms with Crippen LogP contribution in [0.3, 0.4) is 0 Å². The number of ketones is 1. The average molecular weight is 347 g/mol. The second-order valence-electron chi connectivity index (χ2n) is 5.84. The lowest BCUT2D eigenvalue weighted by atomic mass is 9.89. The Morgan fingerprint density at radius 2 is 2.12 bits per heavy atom. The van der Waals surface area contributed by atoms with E-state index in [-0.39, 0.29) is 12.5 Å². The molecule has 2 amide bonds. The lowest BCUT2D eigenvalue weighted by molar-refractivity contribution is -0.148. The van der Waals surface area contributed by atoms with Gasteiger partial charge in [-0.25, -0.2) is 0 Å². The van der Waals surface area contributed by atoms with Gasteiger partial charge in [0.15, 0.2) is 5.78 Å². The van der Waals surface area contributed by atoms with E-state index in [1.807, 2.05) is 30.3 Å². The molecule has 2 aliphatic heterocycles. The van der Waals surface area contributed by atoms with Crippen LogP contribution in [-0.4, -0.2) is 53.0 Å². The molecule has 2 fully saturated rings. The van der Waals surface area contributed by atoms with E-state index in [9.17, 15) is 14.4 Å². The fraction of sp³-hybridized carbons (Fsp3) is 0.412. The summed E-state index contributed by atoms with van der Waals surface area (Å²) in [5.74, 6) is -0.271. The number of fused-ring (bicyclic) bond motifs is 1. The Balaban J connectivity index is 1.58. The summed E-state index contributed by atoms with van der Waals surface area (Å²) in [6.45, 7) is 0.137. The number of benzene rings is 1. The topological polar surface area (TPSA) is 89.7 Å². The molecule has 1 aromatic carbocycles. The Morgan fingerprint density at radius 3 is 2.83 bits per heavy atom. The number of Topliss-reactive ketones (excluding diaryl/α,β-unsaturated/α-hetero) is 1. The molecule has 2 heterocycles. The Kier molecular flexibility index (Phi) is 4.91. The third-order valence-corrected chi connectivity index (χ3v) is 5.42. The van der Waals surface area contributed by atoms with Crippen LogP contribution in [0, 0.1) is 6.42 Å². The number of rotatable bonds is 6. The molecule has 2 N–H and O–H groups in total. The Hall–Kier alpha value is -1.86. The average Bonchev–Trinajstić information content (AvgIpc) is 3.12. The lowest BCUT2D eigenvalue weighted by Gasteiger charge is -2.32. The largest absolute Gasteiger partial charge is 0.367 e. The third-order valence-electron chi connectivity index (χ3n) is 4.48. The number of thioether (sulfide) groups is 1. The maximum atomic E-state index is 12.5. The molecule has 0 spiro atoms. The van der Waals surface area contributed by atoms with Gasteiger partial charge in [0.2, 0.25) is 11.4 Å². The van der Waals surface area contributed by atoms with Crippen LogP contribution >= 0.6 is 11.8 Å². The van der Waals surface area contributed by atoms with Crippen LogP contribution in [0.25, 0.3) is 0 Å². The predicted octanol–water partition coefficient (Wildman–Crippen LogP) is 0.548. The molecular weight excluding hydrogens is 328 g/mol. The summed E-state index contributed by atoms with van der Waals surface area (Å²) >= 11 is 1.59. The summed E-state index contributed by atoms with van der Waals surface area (Å²) in [5, 5.41) is 0. The van der Waals surface area contributed by atoms with Crippen LogP contribution in [0.15, 0.2) is 30.3 Å². The van der Waals surface area contributed by atoms with Crippen molar-refractivity contribution in [1.29, 1.82) is 0 Å². The van der Waals surface area contributed by atoms with Crippen LogP contribution in [0.4, 0.5) is 0 Å². The summed E-state index contributed by atoms with van der Waals surface area (Å²) < 4.78 is 5.35. The predicted molar refractivity (Wildman–Crippen MR) is 89.9 cm³/mol. The van der Waals surface area contributed by atoms with Gasteiger partial charge in [0.25, 0.3) is 5.91 Å². The molecule has 2 unspecified atom stereocenters. The molecule has 0 bridgehead atoms. The van der Waals surface area contributed by atoms with Crippen molar-refractivity contribution in [2.75, 3.05) is 18.9 Å². The van der Waals surface area contributed by atoms with Crippen LogP contribution < -0.4 is 5.73 Å². The smallest absolute Gasteiger partial charge is 0.254 e. The van der Waals surface area contributed by atoms with Gasteiger partial charge in [0.05, 0.1) is 12.5 Å². The number of amides is 2. The van der Waals surface area contributed by atoms with Crippen LogP contribution in [0.2, 0.25) is 0 Å². The van der Waals surface area contributed by atoms with Crippen molar-refractivity contribution >= 4 is 29.4 Å². The number of carbonyl (C=O) groups excluding carboxylic acids is 3. The van der Waals surface area contributed by atoms with Crippen LogP contribution in [0.1, 0.15) is 12.0 Å². The number of carbonyl (C=O) groups is 3. The number of hydrogen-bond donors (Lipinski definition) is 1. The quantitative estimate of drug-likeness (QED) is 0.599. The second kappa shape index (κ2) is 6.94. The number of nitrogens with zero attached hydrogens (tertiary/aromatic N) is 1. The Bertz CT molecular complexity index is 651. The molecule has 2 aliphatic rings. The van der Waals surface area contributed by atoms with Crippen molar-refractivity contribution in [3.05, 3.63) is 42.3 Å². The van der Waals surface area contributed by atoms with Crippen molar-refractivity contribution < 1.29 is 19.1 Å². The van der Waals surface area contributed by atoms with Gasteiger partial charge in [-0.05, 0) is 12.0 Å². The molecule has 2 saturated heterocycles. The highest BCUT2D eigenvalue weighted by Crippen LogP contribution is 2.37. The SMILES string of the molecule is NC(=O)C12C(=O)COC1CCN2C(=O)[CH]CSCc1ccccc1. The second-order valence-corrected chi connectivity index (χ2v) is 6.87. The van der Waals surface area contributed by atoms with Gasteiger partial charge >= 0.3 is 0 Å². The fourth-order valence-electron chi connectivity index (χ4n) is 3.33. The molecule has 3 rings (SSSR count). The molecule has 127 valence electrons. The molecule has 2 atom stereocenters. The van der Waals surface area contributed by atoms with Gasteiger partial charge in [-0.2, -0.15) is 11.8 Å². The lowest BCUT2D eigenvalue weighted by Crippen LogP contribution is -2.63. The van der Waals surface area contributed by atoms with E-state index in [1.54, 1.807) is 11.8 Å². The fourth-order valence-corrected chi connectivity index (χ4v) is 4.14. The van der Waals surface area contributed by atoms with Crippen LogP contribution in [0.5, 0.6) is 0 Å². The van der Waals surface area contributed by atoms with Gasteiger partial charge in [0, 0.05) is 18.1 Å². The van der Waals surface area contributed by atoms with Crippen molar-refractivity contribution in [2.24, 2.45) is 5.73 Å². The number of nitrogens with two attached hydrogens (primary N) is 1. The molecule has 7 heteroatoms. The molecule has 0 aliphatic carbocycles. The molecule has 0 aromatic heterocycles. The number of primary amides is 1. The first kappa shape index (κ1) is 17.0.